The molecule has 0 bridgehead atoms. The summed E-state index contributed by atoms with van der Waals surface area (Å²) in [6.45, 7) is 0.138. The first kappa shape index (κ1) is 13.6. The molecule has 7 heteroatoms. The number of aliphatic hydroxyl groups excluding tert-OH is 2. The molecule has 0 fully saturated rings. The van der Waals surface area contributed by atoms with E-state index in [2.05, 4.69) is 5.32 Å². The van der Waals surface area contributed by atoms with Crippen LogP contribution in [0.15, 0.2) is 11.6 Å². The molecule has 96 valence electrons. The number of carbonyl (C=O) groups is 2. The number of rotatable bonds is 4. The van der Waals surface area contributed by atoms with E-state index in [4.69, 9.17) is 11.5 Å². The first-order valence-electron chi connectivity index (χ1n) is 5.30. The van der Waals surface area contributed by atoms with Gasteiger partial charge in [-0.25, -0.2) is 0 Å². The SMILES string of the molecule is NC(=O)CCNC(=O)C1=CC(N)C(O)C(O)C1. The Bertz CT molecular complexity index is 342. The van der Waals surface area contributed by atoms with E-state index in [1.54, 1.807) is 0 Å². The van der Waals surface area contributed by atoms with E-state index in [9.17, 15) is 19.8 Å². The fourth-order valence-electron chi connectivity index (χ4n) is 1.58. The highest BCUT2D eigenvalue weighted by Gasteiger charge is 2.30. The summed E-state index contributed by atoms with van der Waals surface area (Å²) < 4.78 is 0. The van der Waals surface area contributed by atoms with Gasteiger partial charge in [0.15, 0.2) is 0 Å². The summed E-state index contributed by atoms with van der Waals surface area (Å²) in [5.41, 5.74) is 10.8. The van der Waals surface area contributed by atoms with Crippen molar-refractivity contribution in [1.29, 1.82) is 0 Å². The van der Waals surface area contributed by atoms with Crippen LogP contribution in [0, 0.1) is 0 Å². The van der Waals surface area contributed by atoms with Gasteiger partial charge in [0.25, 0.3) is 0 Å². The highest BCUT2D eigenvalue weighted by molar-refractivity contribution is 5.94. The number of amides is 2. The zero-order valence-electron chi connectivity index (χ0n) is 9.30. The van der Waals surface area contributed by atoms with E-state index in [-0.39, 0.29) is 19.4 Å². The molecule has 7 nitrogen and oxygen atoms in total. The van der Waals surface area contributed by atoms with Crippen LogP contribution in [0.4, 0.5) is 0 Å². The first-order valence-corrected chi connectivity index (χ1v) is 5.30. The zero-order chi connectivity index (χ0) is 13.0. The Morgan fingerprint density at radius 2 is 2.12 bits per heavy atom. The van der Waals surface area contributed by atoms with E-state index in [0.29, 0.717) is 5.57 Å². The van der Waals surface area contributed by atoms with Gasteiger partial charge in [0.05, 0.1) is 18.2 Å². The number of primary amides is 1. The van der Waals surface area contributed by atoms with Crippen LogP contribution in [-0.4, -0.2) is 46.8 Å². The average molecular weight is 243 g/mol. The Balaban J connectivity index is 2.52. The topological polar surface area (TPSA) is 139 Å². The molecule has 3 unspecified atom stereocenters. The third kappa shape index (κ3) is 3.81. The molecule has 2 amide bonds. The summed E-state index contributed by atoms with van der Waals surface area (Å²) in [6.07, 6.45) is -0.603. The maximum atomic E-state index is 11.6. The van der Waals surface area contributed by atoms with Gasteiger partial charge in [0.2, 0.25) is 11.8 Å². The van der Waals surface area contributed by atoms with E-state index >= 15 is 0 Å². The molecule has 0 aromatic rings. The van der Waals surface area contributed by atoms with E-state index < -0.39 is 30.1 Å². The third-order valence-electron chi connectivity index (χ3n) is 2.56. The lowest BCUT2D eigenvalue weighted by molar-refractivity contribution is -0.119. The van der Waals surface area contributed by atoms with E-state index in [1.165, 1.54) is 6.08 Å². The highest BCUT2D eigenvalue weighted by Crippen LogP contribution is 2.18. The Kier molecular flexibility index (Phi) is 4.62. The van der Waals surface area contributed by atoms with Crippen LogP contribution in [-0.2, 0) is 9.59 Å². The highest BCUT2D eigenvalue weighted by atomic mass is 16.3. The molecule has 1 aliphatic rings. The molecule has 0 aromatic heterocycles. The van der Waals surface area contributed by atoms with Gasteiger partial charge in [0, 0.05) is 25.0 Å². The van der Waals surface area contributed by atoms with Gasteiger partial charge in [-0.2, -0.15) is 0 Å². The molecular weight excluding hydrogens is 226 g/mol. The molecule has 17 heavy (non-hydrogen) atoms. The maximum Gasteiger partial charge on any atom is 0.247 e. The normalized spacial score (nSPS) is 28.4. The van der Waals surface area contributed by atoms with Gasteiger partial charge in [-0.15, -0.1) is 0 Å². The van der Waals surface area contributed by atoms with Crippen molar-refractivity contribution in [3.63, 3.8) is 0 Å². The second-order valence-electron chi connectivity index (χ2n) is 4.00. The molecular formula is C10H17N3O4. The molecule has 0 aromatic carbocycles. The summed E-state index contributed by atoms with van der Waals surface area (Å²) in [5, 5.41) is 21.3. The number of carbonyl (C=O) groups excluding carboxylic acids is 2. The fraction of sp³-hybridized carbons (Fsp3) is 0.600. The number of nitrogens with one attached hydrogen (secondary N) is 1. The molecule has 0 aliphatic heterocycles. The van der Waals surface area contributed by atoms with Crippen molar-refractivity contribution < 1.29 is 19.8 Å². The predicted molar refractivity (Wildman–Crippen MR) is 59.5 cm³/mol. The third-order valence-corrected chi connectivity index (χ3v) is 2.56. The second-order valence-corrected chi connectivity index (χ2v) is 4.00. The summed E-state index contributed by atoms with van der Waals surface area (Å²) in [4.78, 5) is 22.1. The number of hydrogen-bond acceptors (Lipinski definition) is 5. The minimum absolute atomic E-state index is 0.0390. The van der Waals surface area contributed by atoms with Crippen LogP contribution in [0.5, 0.6) is 0 Å². The van der Waals surface area contributed by atoms with Crippen LogP contribution in [0.2, 0.25) is 0 Å². The van der Waals surface area contributed by atoms with Gasteiger partial charge in [-0.05, 0) is 0 Å². The lowest BCUT2D eigenvalue weighted by Crippen LogP contribution is -2.46. The second kappa shape index (κ2) is 5.76. The first-order chi connectivity index (χ1) is 7.91. The van der Waals surface area contributed by atoms with E-state index in [0.717, 1.165) is 0 Å². The Morgan fingerprint density at radius 3 is 2.65 bits per heavy atom. The van der Waals surface area contributed by atoms with Crippen molar-refractivity contribution in [2.24, 2.45) is 11.5 Å². The number of hydrogen-bond donors (Lipinski definition) is 5. The molecule has 0 saturated heterocycles. The molecule has 1 rings (SSSR count). The Hall–Kier alpha value is -1.44. The van der Waals surface area contributed by atoms with Crippen molar-refractivity contribution in [2.45, 2.75) is 31.1 Å². The van der Waals surface area contributed by atoms with E-state index in [1.807, 2.05) is 0 Å². The van der Waals surface area contributed by atoms with Gasteiger partial charge in [-0.3, -0.25) is 9.59 Å². The molecule has 0 radical (unpaired) electrons. The van der Waals surface area contributed by atoms with Crippen LogP contribution >= 0.6 is 0 Å². The van der Waals surface area contributed by atoms with Crippen molar-refractivity contribution in [3.05, 3.63) is 11.6 Å². The minimum atomic E-state index is -1.06. The standard InChI is InChI=1S/C10H17N3O4/c11-6-3-5(4-7(14)9(6)16)10(17)13-2-1-8(12)15/h3,6-7,9,14,16H,1-2,4,11H2,(H2,12,15)(H,13,17). The lowest BCUT2D eigenvalue weighted by atomic mass is 9.90. The van der Waals surface area contributed by atoms with Crippen LogP contribution < -0.4 is 16.8 Å². The Morgan fingerprint density at radius 1 is 1.47 bits per heavy atom. The zero-order valence-corrected chi connectivity index (χ0v) is 9.30. The van der Waals surface area contributed by atoms with Gasteiger partial charge < -0.3 is 27.0 Å². The number of nitrogens with two attached hydrogens (primary N) is 2. The quantitative estimate of drug-likeness (QED) is 0.367. The van der Waals surface area contributed by atoms with Gasteiger partial charge >= 0.3 is 0 Å². The molecule has 7 N–H and O–H groups in total. The summed E-state index contributed by atoms with van der Waals surface area (Å²) >= 11 is 0. The molecule has 3 atom stereocenters. The van der Waals surface area contributed by atoms with Crippen LogP contribution in [0.3, 0.4) is 0 Å². The van der Waals surface area contributed by atoms with Crippen LogP contribution in [0.25, 0.3) is 0 Å². The fourth-order valence-corrected chi connectivity index (χ4v) is 1.58. The van der Waals surface area contributed by atoms with Crippen molar-refractivity contribution in [2.75, 3.05) is 6.54 Å². The number of aliphatic hydroxyl groups is 2. The summed E-state index contributed by atoms with van der Waals surface area (Å²) in [7, 11) is 0. The molecule has 0 heterocycles. The summed E-state index contributed by atoms with van der Waals surface area (Å²) in [6, 6.07) is -0.768. The van der Waals surface area contributed by atoms with Gasteiger partial charge in [0.1, 0.15) is 0 Å². The Labute approximate surface area is 98.5 Å². The molecule has 1 aliphatic carbocycles. The van der Waals surface area contributed by atoms with Crippen molar-refractivity contribution in [3.8, 4) is 0 Å². The monoisotopic (exact) mass is 243 g/mol. The van der Waals surface area contributed by atoms with Gasteiger partial charge in [-0.1, -0.05) is 6.08 Å². The largest absolute Gasteiger partial charge is 0.390 e. The van der Waals surface area contributed by atoms with Crippen LogP contribution in [0.1, 0.15) is 12.8 Å². The lowest BCUT2D eigenvalue weighted by Gasteiger charge is -2.27. The molecule has 0 spiro atoms. The average Bonchev–Trinajstić information content (AvgIpc) is 2.24. The molecule has 0 saturated carbocycles. The predicted octanol–water partition coefficient (Wildman–Crippen LogP) is -2.64. The minimum Gasteiger partial charge on any atom is -0.390 e. The summed E-state index contributed by atoms with van der Waals surface area (Å²) in [5.74, 6) is -0.914. The van der Waals surface area contributed by atoms with Crippen molar-refractivity contribution in [1.82, 2.24) is 5.32 Å². The van der Waals surface area contributed by atoms with Crippen molar-refractivity contribution >= 4 is 11.8 Å². The smallest absolute Gasteiger partial charge is 0.247 e. The maximum absolute atomic E-state index is 11.6.